The maximum absolute atomic E-state index is 13.4. The van der Waals surface area contributed by atoms with Gasteiger partial charge >= 0.3 is 0 Å². The molecule has 0 spiro atoms. The Labute approximate surface area is 176 Å². The van der Waals surface area contributed by atoms with Crippen molar-refractivity contribution >= 4 is 48.5 Å². The minimum Gasteiger partial charge on any atom is -0.279 e. The molecule has 4 aromatic rings. The Balaban J connectivity index is 1.79. The van der Waals surface area contributed by atoms with E-state index in [1.54, 1.807) is 16.2 Å². The van der Waals surface area contributed by atoms with Crippen LogP contribution in [0.2, 0.25) is 0 Å². The number of benzene rings is 3. The summed E-state index contributed by atoms with van der Waals surface area (Å²) in [6.07, 6.45) is 0. The molecule has 1 aromatic heterocycles. The first kappa shape index (κ1) is 18.8. The van der Waals surface area contributed by atoms with Gasteiger partial charge in [0, 0.05) is 10.0 Å². The van der Waals surface area contributed by atoms with Gasteiger partial charge in [0.15, 0.2) is 5.13 Å². The van der Waals surface area contributed by atoms with Gasteiger partial charge in [-0.1, -0.05) is 63.7 Å². The van der Waals surface area contributed by atoms with Crippen LogP contribution < -0.4 is 4.90 Å². The number of carbonyl (C=O) groups is 1. The van der Waals surface area contributed by atoms with Crippen LogP contribution in [0.3, 0.4) is 0 Å². The van der Waals surface area contributed by atoms with Crippen LogP contribution in [0.5, 0.6) is 0 Å². The number of carbonyl (C=O) groups excluding carboxylic acids is 1. The first-order valence-corrected chi connectivity index (χ1v) is 10.6. The quantitative estimate of drug-likeness (QED) is 0.354. The molecule has 0 aliphatic rings. The van der Waals surface area contributed by atoms with Crippen molar-refractivity contribution in [2.45, 2.75) is 20.4 Å². The Morgan fingerprint density at radius 2 is 1.75 bits per heavy atom. The first-order valence-electron chi connectivity index (χ1n) is 9.00. The molecular weight excluding hydrogens is 432 g/mol. The van der Waals surface area contributed by atoms with Crippen LogP contribution in [0.4, 0.5) is 5.13 Å². The summed E-state index contributed by atoms with van der Waals surface area (Å²) in [6.45, 7) is 4.63. The third kappa shape index (κ3) is 3.86. The van der Waals surface area contributed by atoms with E-state index in [1.165, 1.54) is 5.56 Å². The molecule has 0 saturated carbocycles. The van der Waals surface area contributed by atoms with Crippen LogP contribution in [0.25, 0.3) is 10.2 Å². The average molecular weight is 451 g/mol. The maximum atomic E-state index is 13.4. The van der Waals surface area contributed by atoms with Crippen LogP contribution >= 0.6 is 27.3 Å². The SMILES string of the molecule is Cc1cc(C)c2nc(N(Cc3ccccc3)C(=O)c3ccc(Br)cc3)sc2c1. The van der Waals surface area contributed by atoms with Crippen LogP contribution in [-0.4, -0.2) is 10.9 Å². The Morgan fingerprint density at radius 3 is 2.46 bits per heavy atom. The number of anilines is 1. The van der Waals surface area contributed by atoms with Gasteiger partial charge in [-0.3, -0.25) is 9.69 Å². The average Bonchev–Trinajstić information content (AvgIpc) is 3.11. The molecule has 0 fully saturated rings. The largest absolute Gasteiger partial charge is 0.279 e. The molecule has 0 bridgehead atoms. The van der Waals surface area contributed by atoms with E-state index < -0.39 is 0 Å². The molecule has 0 aliphatic carbocycles. The molecule has 5 heteroatoms. The van der Waals surface area contributed by atoms with Gasteiger partial charge in [0.05, 0.1) is 16.8 Å². The molecule has 0 aliphatic heterocycles. The number of aromatic nitrogens is 1. The van der Waals surface area contributed by atoms with Crippen molar-refractivity contribution < 1.29 is 4.79 Å². The maximum Gasteiger partial charge on any atom is 0.260 e. The van der Waals surface area contributed by atoms with Crippen LogP contribution in [0.15, 0.2) is 71.2 Å². The molecule has 0 atom stereocenters. The summed E-state index contributed by atoms with van der Waals surface area (Å²) in [4.78, 5) is 20.0. The van der Waals surface area contributed by atoms with Crippen molar-refractivity contribution in [3.05, 3.63) is 93.5 Å². The minimum absolute atomic E-state index is 0.0511. The zero-order chi connectivity index (χ0) is 19.7. The third-order valence-electron chi connectivity index (χ3n) is 4.57. The Bertz CT molecular complexity index is 1140. The highest BCUT2D eigenvalue weighted by molar-refractivity contribution is 9.10. The smallest absolute Gasteiger partial charge is 0.260 e. The molecule has 140 valence electrons. The molecule has 3 nitrogen and oxygen atoms in total. The van der Waals surface area contributed by atoms with E-state index in [-0.39, 0.29) is 5.91 Å². The van der Waals surface area contributed by atoms with E-state index in [0.717, 1.165) is 30.9 Å². The summed E-state index contributed by atoms with van der Waals surface area (Å²) in [7, 11) is 0. The number of rotatable bonds is 4. The lowest BCUT2D eigenvalue weighted by atomic mass is 10.1. The Hall–Kier alpha value is -2.50. The lowest BCUT2D eigenvalue weighted by molar-refractivity contribution is 0.0985. The van der Waals surface area contributed by atoms with Gasteiger partial charge in [0.25, 0.3) is 5.91 Å². The van der Waals surface area contributed by atoms with Crippen molar-refractivity contribution in [3.8, 4) is 0 Å². The van der Waals surface area contributed by atoms with Gasteiger partial charge in [0.2, 0.25) is 0 Å². The predicted octanol–water partition coefficient (Wildman–Crippen LogP) is 6.52. The lowest BCUT2D eigenvalue weighted by Crippen LogP contribution is -2.30. The number of amides is 1. The van der Waals surface area contributed by atoms with Crippen LogP contribution in [0.1, 0.15) is 27.0 Å². The molecule has 0 unspecified atom stereocenters. The summed E-state index contributed by atoms with van der Waals surface area (Å²) in [5.74, 6) is -0.0511. The van der Waals surface area contributed by atoms with Crippen LogP contribution in [-0.2, 0) is 6.54 Å². The van der Waals surface area contributed by atoms with Crippen molar-refractivity contribution in [2.24, 2.45) is 0 Å². The highest BCUT2D eigenvalue weighted by atomic mass is 79.9. The van der Waals surface area contributed by atoms with E-state index in [0.29, 0.717) is 12.1 Å². The lowest BCUT2D eigenvalue weighted by Gasteiger charge is -2.20. The van der Waals surface area contributed by atoms with Crippen molar-refractivity contribution in [3.63, 3.8) is 0 Å². The van der Waals surface area contributed by atoms with Gasteiger partial charge in [0.1, 0.15) is 0 Å². The molecular formula is C23H19BrN2OS. The molecule has 0 radical (unpaired) electrons. The summed E-state index contributed by atoms with van der Waals surface area (Å²) in [5, 5.41) is 0.723. The number of hydrogen-bond acceptors (Lipinski definition) is 3. The van der Waals surface area contributed by atoms with Gasteiger partial charge < -0.3 is 0 Å². The molecule has 4 rings (SSSR count). The van der Waals surface area contributed by atoms with Gasteiger partial charge in [-0.2, -0.15) is 0 Å². The van der Waals surface area contributed by atoms with Gasteiger partial charge in [-0.15, -0.1) is 0 Å². The second kappa shape index (κ2) is 7.86. The van der Waals surface area contributed by atoms with Gasteiger partial charge in [-0.05, 0) is 60.9 Å². The fourth-order valence-electron chi connectivity index (χ4n) is 3.21. The van der Waals surface area contributed by atoms with E-state index in [4.69, 9.17) is 4.98 Å². The fraction of sp³-hybridized carbons (Fsp3) is 0.130. The van der Waals surface area contributed by atoms with Gasteiger partial charge in [-0.25, -0.2) is 4.98 Å². The number of aryl methyl sites for hydroxylation is 2. The van der Waals surface area contributed by atoms with E-state index in [9.17, 15) is 4.79 Å². The predicted molar refractivity (Wildman–Crippen MR) is 120 cm³/mol. The zero-order valence-electron chi connectivity index (χ0n) is 15.6. The van der Waals surface area contributed by atoms with Crippen molar-refractivity contribution in [1.29, 1.82) is 0 Å². The molecule has 1 amide bonds. The normalized spacial score (nSPS) is 11.0. The number of thiazole rings is 1. The van der Waals surface area contributed by atoms with Crippen molar-refractivity contribution in [2.75, 3.05) is 4.90 Å². The number of hydrogen-bond donors (Lipinski definition) is 0. The third-order valence-corrected chi connectivity index (χ3v) is 6.12. The number of fused-ring (bicyclic) bond motifs is 1. The molecule has 0 saturated heterocycles. The second-order valence-electron chi connectivity index (χ2n) is 6.81. The standard InChI is InChI=1S/C23H19BrN2OS/c1-15-12-16(2)21-20(13-15)28-23(25-21)26(14-17-6-4-3-5-7-17)22(27)18-8-10-19(24)11-9-18/h3-13H,14H2,1-2H3. The highest BCUT2D eigenvalue weighted by Gasteiger charge is 2.22. The summed E-state index contributed by atoms with van der Waals surface area (Å²) >= 11 is 5.00. The second-order valence-corrected chi connectivity index (χ2v) is 8.73. The molecule has 3 aromatic carbocycles. The Kier molecular flexibility index (Phi) is 5.29. The number of nitrogens with zero attached hydrogens (tertiary/aromatic N) is 2. The number of halogens is 1. The molecule has 28 heavy (non-hydrogen) atoms. The summed E-state index contributed by atoms with van der Waals surface area (Å²) in [5.41, 5.74) is 5.01. The molecule has 1 heterocycles. The Morgan fingerprint density at radius 1 is 1.04 bits per heavy atom. The van der Waals surface area contributed by atoms with Crippen LogP contribution in [0, 0.1) is 13.8 Å². The topological polar surface area (TPSA) is 33.2 Å². The van der Waals surface area contributed by atoms with E-state index in [1.807, 2.05) is 54.6 Å². The van der Waals surface area contributed by atoms with E-state index >= 15 is 0 Å². The highest BCUT2D eigenvalue weighted by Crippen LogP contribution is 2.33. The summed E-state index contributed by atoms with van der Waals surface area (Å²) in [6, 6.07) is 21.7. The fourth-order valence-corrected chi connectivity index (χ4v) is 4.62. The molecule has 0 N–H and O–H groups in total. The first-order chi connectivity index (χ1) is 13.5. The van der Waals surface area contributed by atoms with E-state index in [2.05, 4.69) is 41.9 Å². The van der Waals surface area contributed by atoms with Crippen molar-refractivity contribution in [1.82, 2.24) is 4.98 Å². The minimum atomic E-state index is -0.0511. The monoisotopic (exact) mass is 450 g/mol. The summed E-state index contributed by atoms with van der Waals surface area (Å²) < 4.78 is 2.05. The zero-order valence-corrected chi connectivity index (χ0v) is 18.0.